The quantitative estimate of drug-likeness (QED) is 0.352. The summed E-state index contributed by atoms with van der Waals surface area (Å²) in [6.07, 6.45) is 0. The number of carbonyl (C=O) groups is 1. The predicted octanol–water partition coefficient (Wildman–Crippen LogP) is 6.00. The Morgan fingerprint density at radius 1 is 1.07 bits per heavy atom. The summed E-state index contributed by atoms with van der Waals surface area (Å²) in [5, 5.41) is 5.92. The molecular formula is C23H18BrN3O2S. The van der Waals surface area contributed by atoms with Crippen molar-refractivity contribution in [1.29, 1.82) is 0 Å². The van der Waals surface area contributed by atoms with Crippen LogP contribution in [0, 0.1) is 13.8 Å². The zero-order valence-corrected chi connectivity index (χ0v) is 18.7. The van der Waals surface area contributed by atoms with E-state index in [0.717, 1.165) is 38.0 Å². The van der Waals surface area contributed by atoms with Crippen LogP contribution >= 0.6 is 28.1 Å². The van der Waals surface area contributed by atoms with Gasteiger partial charge in [0.2, 0.25) is 5.89 Å². The van der Waals surface area contributed by atoms with E-state index in [1.807, 2.05) is 50.2 Å². The Morgan fingerprint density at radius 3 is 2.57 bits per heavy atom. The van der Waals surface area contributed by atoms with E-state index < -0.39 is 0 Å². The van der Waals surface area contributed by atoms with Crippen molar-refractivity contribution >= 4 is 56.0 Å². The molecule has 5 nitrogen and oxygen atoms in total. The van der Waals surface area contributed by atoms with Crippen molar-refractivity contribution in [3.63, 3.8) is 0 Å². The molecule has 150 valence electrons. The number of anilines is 1. The van der Waals surface area contributed by atoms with Crippen LogP contribution in [0.4, 0.5) is 5.69 Å². The van der Waals surface area contributed by atoms with Gasteiger partial charge < -0.3 is 9.73 Å². The van der Waals surface area contributed by atoms with E-state index in [9.17, 15) is 4.79 Å². The molecule has 0 atom stereocenters. The van der Waals surface area contributed by atoms with Gasteiger partial charge in [0.25, 0.3) is 5.91 Å². The van der Waals surface area contributed by atoms with Crippen LogP contribution < -0.4 is 10.6 Å². The average Bonchev–Trinajstić information content (AvgIpc) is 3.13. The number of fused-ring (bicyclic) bond motifs is 1. The number of hydrogen-bond donors (Lipinski definition) is 2. The monoisotopic (exact) mass is 479 g/mol. The van der Waals surface area contributed by atoms with Crippen molar-refractivity contribution in [3.8, 4) is 11.5 Å². The first kappa shape index (κ1) is 20.3. The van der Waals surface area contributed by atoms with E-state index in [-0.39, 0.29) is 11.0 Å². The Balaban J connectivity index is 1.45. The zero-order valence-electron chi connectivity index (χ0n) is 16.3. The summed E-state index contributed by atoms with van der Waals surface area (Å²) in [6.45, 7) is 4.06. The first-order valence-electron chi connectivity index (χ1n) is 9.25. The molecule has 1 amide bonds. The summed E-state index contributed by atoms with van der Waals surface area (Å²) < 4.78 is 6.78. The van der Waals surface area contributed by atoms with Gasteiger partial charge in [-0.15, -0.1) is 0 Å². The van der Waals surface area contributed by atoms with Crippen LogP contribution in [0.2, 0.25) is 0 Å². The van der Waals surface area contributed by atoms with E-state index in [2.05, 4.69) is 37.6 Å². The van der Waals surface area contributed by atoms with E-state index in [4.69, 9.17) is 16.6 Å². The SMILES string of the molecule is Cc1cc(C)c2oc(-c3ccc(NC(=S)NC(=O)c4cccc(Br)c4)cc3)nc2c1. The lowest BCUT2D eigenvalue weighted by Crippen LogP contribution is -2.34. The normalized spacial score (nSPS) is 10.8. The number of carbonyl (C=O) groups excluding carboxylic acids is 1. The van der Waals surface area contributed by atoms with Gasteiger partial charge >= 0.3 is 0 Å². The van der Waals surface area contributed by atoms with Crippen LogP contribution in [0.25, 0.3) is 22.6 Å². The number of nitrogens with one attached hydrogen (secondary N) is 2. The van der Waals surface area contributed by atoms with Crippen molar-refractivity contribution in [2.24, 2.45) is 0 Å². The highest BCUT2D eigenvalue weighted by atomic mass is 79.9. The molecule has 4 aromatic rings. The summed E-state index contributed by atoms with van der Waals surface area (Å²) >= 11 is 8.61. The van der Waals surface area contributed by atoms with Gasteiger partial charge in [0, 0.05) is 21.3 Å². The van der Waals surface area contributed by atoms with E-state index in [1.165, 1.54) is 0 Å². The second-order valence-corrected chi connectivity index (χ2v) is 8.27. The highest BCUT2D eigenvalue weighted by Crippen LogP contribution is 2.28. The van der Waals surface area contributed by atoms with Gasteiger partial charge in [0.05, 0.1) is 0 Å². The first-order chi connectivity index (χ1) is 14.4. The second-order valence-electron chi connectivity index (χ2n) is 6.95. The van der Waals surface area contributed by atoms with Gasteiger partial charge in [-0.05, 0) is 85.7 Å². The summed E-state index contributed by atoms with van der Waals surface area (Å²) in [5.74, 6) is 0.290. The third-order valence-electron chi connectivity index (χ3n) is 4.52. The molecule has 0 saturated heterocycles. The molecule has 2 N–H and O–H groups in total. The molecule has 0 unspecified atom stereocenters. The number of halogens is 1. The number of amides is 1. The summed E-state index contributed by atoms with van der Waals surface area (Å²) in [5.41, 5.74) is 5.99. The van der Waals surface area contributed by atoms with Gasteiger partial charge in [-0.2, -0.15) is 0 Å². The number of oxazole rings is 1. The van der Waals surface area contributed by atoms with Gasteiger partial charge in [-0.25, -0.2) is 4.98 Å². The van der Waals surface area contributed by atoms with E-state index in [0.29, 0.717) is 11.5 Å². The van der Waals surface area contributed by atoms with Crippen LogP contribution in [0.1, 0.15) is 21.5 Å². The van der Waals surface area contributed by atoms with Crippen molar-refractivity contribution in [2.45, 2.75) is 13.8 Å². The minimum atomic E-state index is -0.275. The Morgan fingerprint density at radius 2 is 1.83 bits per heavy atom. The molecule has 0 aliphatic carbocycles. The van der Waals surface area contributed by atoms with Crippen LogP contribution in [0.5, 0.6) is 0 Å². The lowest BCUT2D eigenvalue weighted by atomic mass is 10.1. The fraction of sp³-hybridized carbons (Fsp3) is 0.0870. The van der Waals surface area contributed by atoms with Crippen molar-refractivity contribution < 1.29 is 9.21 Å². The lowest BCUT2D eigenvalue weighted by molar-refractivity contribution is 0.0977. The first-order valence-corrected chi connectivity index (χ1v) is 10.5. The van der Waals surface area contributed by atoms with Gasteiger partial charge in [0.15, 0.2) is 10.7 Å². The Labute approximate surface area is 187 Å². The molecule has 3 aromatic carbocycles. The summed E-state index contributed by atoms with van der Waals surface area (Å²) in [4.78, 5) is 16.9. The van der Waals surface area contributed by atoms with Crippen LogP contribution in [0.15, 0.2) is 69.6 Å². The second kappa shape index (κ2) is 8.38. The molecule has 30 heavy (non-hydrogen) atoms. The third-order valence-corrected chi connectivity index (χ3v) is 5.22. The molecule has 0 aliphatic heterocycles. The molecule has 0 fully saturated rings. The number of rotatable bonds is 3. The molecule has 0 saturated carbocycles. The van der Waals surface area contributed by atoms with Crippen LogP contribution in [-0.4, -0.2) is 16.0 Å². The standard InChI is InChI=1S/C23H18BrN3O2S/c1-13-10-14(2)20-19(11-13)26-22(29-20)15-6-8-18(9-7-15)25-23(30)27-21(28)16-4-3-5-17(24)12-16/h3-12H,1-2H3,(H2,25,27,28,30). The smallest absolute Gasteiger partial charge is 0.257 e. The Hall–Kier alpha value is -3.03. The topological polar surface area (TPSA) is 67.2 Å². The molecule has 1 aromatic heterocycles. The fourth-order valence-corrected chi connectivity index (χ4v) is 3.77. The maximum absolute atomic E-state index is 12.3. The molecule has 1 heterocycles. The molecule has 0 spiro atoms. The maximum atomic E-state index is 12.3. The van der Waals surface area contributed by atoms with Crippen molar-refractivity contribution in [2.75, 3.05) is 5.32 Å². The lowest BCUT2D eigenvalue weighted by Gasteiger charge is -2.10. The average molecular weight is 480 g/mol. The number of aryl methyl sites for hydroxylation is 2. The highest BCUT2D eigenvalue weighted by molar-refractivity contribution is 9.10. The molecule has 0 bridgehead atoms. The van der Waals surface area contributed by atoms with Gasteiger partial charge in [-0.3, -0.25) is 10.1 Å². The maximum Gasteiger partial charge on any atom is 0.257 e. The zero-order chi connectivity index (χ0) is 21.3. The number of nitrogens with zero attached hydrogens (tertiary/aromatic N) is 1. The van der Waals surface area contributed by atoms with E-state index >= 15 is 0 Å². The van der Waals surface area contributed by atoms with Gasteiger partial charge in [0.1, 0.15) is 5.52 Å². The molecular weight excluding hydrogens is 462 g/mol. The van der Waals surface area contributed by atoms with Crippen molar-refractivity contribution in [1.82, 2.24) is 10.3 Å². The third kappa shape index (κ3) is 4.42. The number of hydrogen-bond acceptors (Lipinski definition) is 4. The molecule has 7 heteroatoms. The minimum Gasteiger partial charge on any atom is -0.436 e. The van der Waals surface area contributed by atoms with Crippen LogP contribution in [0.3, 0.4) is 0 Å². The van der Waals surface area contributed by atoms with Gasteiger partial charge in [-0.1, -0.05) is 28.1 Å². The van der Waals surface area contributed by atoms with Crippen LogP contribution in [-0.2, 0) is 0 Å². The minimum absolute atomic E-state index is 0.223. The molecule has 0 radical (unpaired) electrons. The fourth-order valence-electron chi connectivity index (χ4n) is 3.16. The Kier molecular flexibility index (Phi) is 5.65. The molecule has 4 rings (SSSR count). The van der Waals surface area contributed by atoms with Crippen molar-refractivity contribution in [3.05, 3.63) is 81.8 Å². The number of aromatic nitrogens is 1. The Bertz CT molecular complexity index is 1270. The predicted molar refractivity (Wildman–Crippen MR) is 127 cm³/mol. The molecule has 0 aliphatic rings. The number of thiocarbonyl (C=S) groups is 1. The summed E-state index contributed by atoms with van der Waals surface area (Å²) in [7, 11) is 0. The summed E-state index contributed by atoms with van der Waals surface area (Å²) in [6, 6.07) is 18.7. The van der Waals surface area contributed by atoms with E-state index in [1.54, 1.807) is 18.2 Å². The largest absolute Gasteiger partial charge is 0.436 e. The number of benzene rings is 3. The highest BCUT2D eigenvalue weighted by Gasteiger charge is 2.12.